The number of methoxy groups -OCH3 is 1. The summed E-state index contributed by atoms with van der Waals surface area (Å²) in [5.74, 6) is 1.50. The van der Waals surface area contributed by atoms with Crippen molar-refractivity contribution in [2.45, 2.75) is 62.3 Å². The van der Waals surface area contributed by atoms with Crippen molar-refractivity contribution in [3.05, 3.63) is 102 Å². The van der Waals surface area contributed by atoms with Gasteiger partial charge in [0.1, 0.15) is 11.5 Å². The van der Waals surface area contributed by atoms with Crippen molar-refractivity contribution >= 4 is 17.9 Å². The molecule has 0 bridgehead atoms. The van der Waals surface area contributed by atoms with Crippen molar-refractivity contribution in [3.8, 4) is 11.5 Å². The van der Waals surface area contributed by atoms with Crippen LogP contribution in [0.15, 0.2) is 89.9 Å². The number of nitrogens with zero attached hydrogens (tertiary/aromatic N) is 1. The molecule has 1 fully saturated rings. The minimum Gasteiger partial charge on any atom is -0.497 e. The van der Waals surface area contributed by atoms with Crippen LogP contribution in [0.1, 0.15) is 61.3 Å². The lowest BCUT2D eigenvalue weighted by Gasteiger charge is -2.33. The molecule has 0 aromatic heterocycles. The molecule has 226 valence electrons. The van der Waals surface area contributed by atoms with Crippen molar-refractivity contribution in [2.24, 2.45) is 4.99 Å². The predicted molar refractivity (Wildman–Crippen MR) is 166 cm³/mol. The van der Waals surface area contributed by atoms with Crippen LogP contribution in [-0.2, 0) is 9.53 Å². The number of hydrogen-bond acceptors (Lipinski definition) is 7. The molecule has 1 aliphatic carbocycles. The van der Waals surface area contributed by atoms with Crippen LogP contribution < -0.4 is 14.8 Å². The third kappa shape index (κ3) is 7.45. The summed E-state index contributed by atoms with van der Waals surface area (Å²) in [6, 6.07) is 24.9. The monoisotopic (exact) mass is 584 g/mol. The molecule has 0 radical (unpaired) electrons. The van der Waals surface area contributed by atoms with Crippen molar-refractivity contribution < 1.29 is 29.2 Å². The molecule has 1 saturated carbocycles. The Bertz CT molecular complexity index is 1400. The molecular formula is C35H40N2O6. The number of hydrogen-bond donors (Lipinski definition) is 3. The van der Waals surface area contributed by atoms with Gasteiger partial charge >= 0.3 is 0 Å². The third-order valence-electron chi connectivity index (χ3n) is 8.00. The Balaban J connectivity index is 1.52. The largest absolute Gasteiger partial charge is 0.497 e. The minimum absolute atomic E-state index is 0.0496. The highest BCUT2D eigenvalue weighted by molar-refractivity contribution is 6.01. The van der Waals surface area contributed by atoms with Gasteiger partial charge in [-0.1, -0.05) is 54.6 Å². The van der Waals surface area contributed by atoms with Crippen molar-refractivity contribution in [2.75, 3.05) is 20.3 Å². The van der Waals surface area contributed by atoms with E-state index in [1.54, 1.807) is 7.11 Å². The van der Waals surface area contributed by atoms with Gasteiger partial charge in [-0.25, -0.2) is 4.99 Å². The average Bonchev–Trinajstić information content (AvgIpc) is 3.44. The molecule has 1 amide bonds. The van der Waals surface area contributed by atoms with E-state index in [-0.39, 0.29) is 24.7 Å². The number of carbonyl (C=O) groups excluding carboxylic acids is 1. The first kappa shape index (κ1) is 30.3. The Morgan fingerprint density at radius 1 is 1.02 bits per heavy atom. The van der Waals surface area contributed by atoms with Crippen molar-refractivity contribution in [3.63, 3.8) is 0 Å². The molecule has 3 aromatic rings. The van der Waals surface area contributed by atoms with E-state index < -0.39 is 11.6 Å². The summed E-state index contributed by atoms with van der Waals surface area (Å²) < 4.78 is 17.8. The Morgan fingerprint density at radius 2 is 1.79 bits per heavy atom. The average molecular weight is 585 g/mol. The highest BCUT2D eigenvalue weighted by atomic mass is 16.5. The maximum Gasteiger partial charge on any atom is 0.252 e. The Labute approximate surface area is 253 Å². The molecule has 3 aromatic carbocycles. The standard InChI is InChI=1S/C35H40N2O6/c1-41-31-12-5-11-27(24-31)32-35(21-6-10-25-8-3-2-4-9-25,34(40)36-28-15-17-29(39)18-16-28)37-33(43-32)26-13-19-30(20-14-26)42-23-7-22-38/h2-6,8-14,19-20,24,28-29,32,38-39H,7,15-18,21-23H2,1H3,(H,36,40)/b10-6+/t28?,29?,32-,35-/m1/s1. The number of aliphatic imine (C=N–C) groups is 1. The fourth-order valence-electron chi connectivity index (χ4n) is 5.59. The van der Waals surface area contributed by atoms with Crippen molar-refractivity contribution in [1.82, 2.24) is 5.32 Å². The second-order valence-electron chi connectivity index (χ2n) is 11.1. The summed E-state index contributed by atoms with van der Waals surface area (Å²) in [4.78, 5) is 19.5. The first-order chi connectivity index (χ1) is 21.0. The Morgan fingerprint density at radius 3 is 2.51 bits per heavy atom. The van der Waals surface area contributed by atoms with E-state index in [0.29, 0.717) is 62.5 Å². The summed E-state index contributed by atoms with van der Waals surface area (Å²) in [6.45, 7) is 0.485. The molecule has 3 N–H and O–H groups in total. The van der Waals surface area contributed by atoms with E-state index in [0.717, 1.165) is 16.7 Å². The van der Waals surface area contributed by atoms with Crippen LogP contribution in [0.5, 0.6) is 11.5 Å². The van der Waals surface area contributed by atoms with Crippen LogP contribution in [0.25, 0.3) is 6.08 Å². The van der Waals surface area contributed by atoms with E-state index in [1.807, 2.05) is 91.0 Å². The van der Waals surface area contributed by atoms with E-state index >= 15 is 0 Å². The highest BCUT2D eigenvalue weighted by Crippen LogP contribution is 2.44. The molecule has 0 spiro atoms. The van der Waals surface area contributed by atoms with Gasteiger partial charge in [-0.15, -0.1) is 0 Å². The van der Waals surface area contributed by atoms with Gasteiger partial charge in [-0.2, -0.15) is 0 Å². The highest BCUT2D eigenvalue weighted by Gasteiger charge is 2.53. The smallest absolute Gasteiger partial charge is 0.252 e. The summed E-state index contributed by atoms with van der Waals surface area (Å²) >= 11 is 0. The fraction of sp³-hybridized carbons (Fsp3) is 0.371. The Hall–Kier alpha value is -4.14. The number of ether oxygens (including phenoxy) is 3. The molecule has 0 saturated heterocycles. The topological polar surface area (TPSA) is 110 Å². The van der Waals surface area contributed by atoms with Crippen LogP contribution in [0.3, 0.4) is 0 Å². The van der Waals surface area contributed by atoms with Crippen LogP contribution in [0, 0.1) is 0 Å². The van der Waals surface area contributed by atoms with Gasteiger partial charge in [0, 0.05) is 31.1 Å². The SMILES string of the molecule is COc1cccc([C@H]2OC(c3ccc(OCCCO)cc3)=N[C@@]2(C/C=C/c2ccccc2)C(=O)NC2CCC(O)CC2)c1. The number of nitrogens with one attached hydrogen (secondary N) is 1. The number of aliphatic hydroxyl groups is 2. The van der Waals surface area contributed by atoms with Crippen LogP contribution in [-0.4, -0.2) is 60.0 Å². The zero-order chi connectivity index (χ0) is 30.1. The molecule has 2 atom stereocenters. The molecule has 2 aliphatic rings. The summed E-state index contributed by atoms with van der Waals surface area (Å²) in [5.41, 5.74) is 1.24. The summed E-state index contributed by atoms with van der Waals surface area (Å²) in [7, 11) is 1.61. The third-order valence-corrected chi connectivity index (χ3v) is 8.00. The summed E-state index contributed by atoms with van der Waals surface area (Å²) in [6.07, 6.45) is 6.53. The van der Waals surface area contributed by atoms with E-state index in [2.05, 4.69) is 5.32 Å². The predicted octanol–water partition coefficient (Wildman–Crippen LogP) is 5.24. The number of rotatable bonds is 12. The second kappa shape index (κ2) is 14.4. The number of carbonyl (C=O) groups is 1. The molecule has 8 heteroatoms. The number of amides is 1. The molecule has 8 nitrogen and oxygen atoms in total. The fourth-order valence-corrected chi connectivity index (χ4v) is 5.59. The molecule has 0 unspecified atom stereocenters. The minimum atomic E-state index is -1.29. The number of benzene rings is 3. The van der Waals surface area contributed by atoms with Crippen LogP contribution in [0.4, 0.5) is 0 Å². The lowest BCUT2D eigenvalue weighted by molar-refractivity contribution is -0.130. The lowest BCUT2D eigenvalue weighted by Crippen LogP contribution is -2.52. The van der Waals surface area contributed by atoms with Crippen LogP contribution >= 0.6 is 0 Å². The van der Waals surface area contributed by atoms with Gasteiger partial charge in [0.25, 0.3) is 5.91 Å². The van der Waals surface area contributed by atoms with Gasteiger partial charge in [-0.3, -0.25) is 4.79 Å². The zero-order valence-electron chi connectivity index (χ0n) is 24.5. The molecule has 5 rings (SSSR count). The van der Waals surface area contributed by atoms with E-state index in [1.165, 1.54) is 0 Å². The van der Waals surface area contributed by atoms with Gasteiger partial charge in [-0.05, 0) is 73.2 Å². The summed E-state index contributed by atoms with van der Waals surface area (Å²) in [5, 5.41) is 22.3. The quantitative estimate of drug-likeness (QED) is 0.251. The molecular weight excluding hydrogens is 544 g/mol. The molecule has 1 aliphatic heterocycles. The maximum absolute atomic E-state index is 14.4. The van der Waals surface area contributed by atoms with E-state index in [4.69, 9.17) is 24.3 Å². The van der Waals surface area contributed by atoms with Gasteiger partial charge in [0.05, 0.1) is 19.8 Å². The second-order valence-corrected chi connectivity index (χ2v) is 11.1. The zero-order valence-corrected chi connectivity index (χ0v) is 24.5. The first-order valence-corrected chi connectivity index (χ1v) is 15.0. The Kier molecular flexibility index (Phi) is 10.1. The normalized spacial score (nSPS) is 23.4. The maximum atomic E-state index is 14.4. The molecule has 43 heavy (non-hydrogen) atoms. The number of aliphatic hydroxyl groups excluding tert-OH is 2. The van der Waals surface area contributed by atoms with Crippen LogP contribution in [0.2, 0.25) is 0 Å². The van der Waals surface area contributed by atoms with Crippen molar-refractivity contribution in [1.29, 1.82) is 0 Å². The van der Waals surface area contributed by atoms with E-state index in [9.17, 15) is 9.90 Å². The lowest BCUT2D eigenvalue weighted by atomic mass is 9.83. The van der Waals surface area contributed by atoms with Gasteiger partial charge in [0.15, 0.2) is 11.6 Å². The van der Waals surface area contributed by atoms with Gasteiger partial charge in [0.2, 0.25) is 5.90 Å². The first-order valence-electron chi connectivity index (χ1n) is 15.0. The molecule has 1 heterocycles. The van der Waals surface area contributed by atoms with Gasteiger partial charge < -0.3 is 29.7 Å².